The lowest BCUT2D eigenvalue weighted by atomic mass is 10.1. The summed E-state index contributed by atoms with van der Waals surface area (Å²) in [6.45, 7) is 4.40. The van der Waals surface area contributed by atoms with E-state index in [1.54, 1.807) is 37.8 Å². The van der Waals surface area contributed by atoms with Gasteiger partial charge in [-0.25, -0.2) is 4.98 Å². The van der Waals surface area contributed by atoms with Gasteiger partial charge in [0.2, 0.25) is 5.95 Å². The van der Waals surface area contributed by atoms with Gasteiger partial charge in [0.1, 0.15) is 11.5 Å². The average Bonchev–Trinajstić information content (AvgIpc) is 3.07. The summed E-state index contributed by atoms with van der Waals surface area (Å²) < 4.78 is 7.36. The Morgan fingerprint density at radius 3 is 2.79 bits per heavy atom. The number of pyridine rings is 1. The van der Waals surface area contributed by atoms with Crippen molar-refractivity contribution in [3.05, 3.63) is 53.6 Å². The third-order valence-corrected chi connectivity index (χ3v) is 4.66. The molecule has 0 saturated carbocycles. The molecule has 4 rings (SSSR count). The molecule has 29 heavy (non-hydrogen) atoms. The summed E-state index contributed by atoms with van der Waals surface area (Å²) in [5.41, 5.74) is 10.6. The van der Waals surface area contributed by atoms with Gasteiger partial charge in [-0.3, -0.25) is 4.98 Å². The summed E-state index contributed by atoms with van der Waals surface area (Å²) in [6, 6.07) is 6.73. The van der Waals surface area contributed by atoms with E-state index in [0.717, 1.165) is 22.6 Å². The lowest BCUT2D eigenvalue weighted by molar-refractivity contribution is 0.406. The number of nitrogens with one attached hydrogen (secondary N) is 1. The molecule has 1 aromatic carbocycles. The Hall–Kier alpha value is -3.88. The average molecular weight is 391 g/mol. The van der Waals surface area contributed by atoms with Gasteiger partial charge in [-0.05, 0) is 26.0 Å². The zero-order chi connectivity index (χ0) is 20.5. The monoisotopic (exact) mass is 391 g/mol. The molecule has 0 aliphatic rings. The molecule has 0 bridgehead atoms. The number of rotatable bonds is 5. The largest absolute Gasteiger partial charge is 0.508 e. The van der Waals surface area contributed by atoms with Gasteiger partial charge < -0.3 is 25.5 Å². The molecular weight excluding hydrogens is 370 g/mol. The summed E-state index contributed by atoms with van der Waals surface area (Å²) in [5.74, 6) is 1.55. The molecule has 4 N–H and O–H groups in total. The molecule has 0 saturated heterocycles. The number of benzene rings is 1. The van der Waals surface area contributed by atoms with Gasteiger partial charge in [-0.15, -0.1) is 0 Å². The van der Waals surface area contributed by atoms with Crippen molar-refractivity contribution in [3.8, 4) is 11.5 Å². The number of aryl methyl sites for hydroxylation is 1. The Balaban J connectivity index is 1.74. The zero-order valence-corrected chi connectivity index (χ0v) is 16.3. The molecule has 3 aromatic heterocycles. The van der Waals surface area contributed by atoms with E-state index in [4.69, 9.17) is 10.5 Å². The number of nitrogen functional groups attached to an aromatic ring is 1. The van der Waals surface area contributed by atoms with Crippen molar-refractivity contribution in [1.82, 2.24) is 24.5 Å². The molecule has 0 aliphatic carbocycles. The topological polar surface area (TPSA) is 124 Å². The lowest BCUT2D eigenvalue weighted by Crippen LogP contribution is -2.07. The molecule has 0 unspecified atom stereocenters. The van der Waals surface area contributed by atoms with Gasteiger partial charge in [0.05, 0.1) is 25.7 Å². The van der Waals surface area contributed by atoms with Gasteiger partial charge >= 0.3 is 0 Å². The number of fused-ring (bicyclic) bond motifs is 1. The van der Waals surface area contributed by atoms with Crippen LogP contribution in [0.3, 0.4) is 0 Å². The van der Waals surface area contributed by atoms with E-state index in [1.807, 2.05) is 24.5 Å². The van der Waals surface area contributed by atoms with Gasteiger partial charge in [0, 0.05) is 29.1 Å². The second kappa shape index (κ2) is 7.27. The van der Waals surface area contributed by atoms with Crippen LogP contribution in [0, 0.1) is 13.8 Å². The number of anilines is 3. The molecule has 0 atom stereocenters. The number of hydrogen-bond donors (Lipinski definition) is 3. The lowest BCUT2D eigenvalue weighted by Gasteiger charge is -2.13. The maximum atomic E-state index is 9.68. The standard InChI is InChI=1S/C20H21N7O2/c1-11-8-22-15(12(2)17(11)29-3)9-27-10-23-16-18(25-20(21)26-19(16)27)24-13-5-4-6-14(28)7-13/h4-8,10,28H,9H2,1-3H3,(H3,21,24,25,26). The van der Waals surface area contributed by atoms with Crippen LogP contribution in [-0.4, -0.2) is 36.7 Å². The van der Waals surface area contributed by atoms with E-state index in [9.17, 15) is 5.11 Å². The fourth-order valence-electron chi connectivity index (χ4n) is 3.28. The molecule has 4 aromatic rings. The first-order valence-electron chi connectivity index (χ1n) is 8.99. The van der Waals surface area contributed by atoms with Crippen LogP contribution in [0.4, 0.5) is 17.5 Å². The number of phenolic OH excluding ortho intramolecular Hbond substituents is 1. The van der Waals surface area contributed by atoms with Gasteiger partial charge in [-0.1, -0.05) is 6.07 Å². The van der Waals surface area contributed by atoms with Crippen molar-refractivity contribution < 1.29 is 9.84 Å². The van der Waals surface area contributed by atoms with E-state index in [1.165, 1.54) is 0 Å². The number of aromatic nitrogens is 5. The highest BCUT2D eigenvalue weighted by molar-refractivity contribution is 5.86. The second-order valence-corrected chi connectivity index (χ2v) is 6.70. The molecule has 0 radical (unpaired) electrons. The zero-order valence-electron chi connectivity index (χ0n) is 16.3. The van der Waals surface area contributed by atoms with E-state index in [-0.39, 0.29) is 11.7 Å². The van der Waals surface area contributed by atoms with Crippen molar-refractivity contribution in [2.24, 2.45) is 0 Å². The highest BCUT2D eigenvalue weighted by Gasteiger charge is 2.16. The fourth-order valence-corrected chi connectivity index (χ4v) is 3.28. The van der Waals surface area contributed by atoms with Crippen LogP contribution >= 0.6 is 0 Å². The Bertz CT molecular complexity index is 1200. The number of methoxy groups -OCH3 is 1. The fraction of sp³-hybridized carbons (Fsp3) is 0.200. The van der Waals surface area contributed by atoms with Crippen molar-refractivity contribution in [2.75, 3.05) is 18.2 Å². The van der Waals surface area contributed by atoms with Crippen LogP contribution in [-0.2, 0) is 6.54 Å². The minimum atomic E-state index is 0.119. The molecule has 148 valence electrons. The number of phenols is 1. The molecular formula is C20H21N7O2. The SMILES string of the molecule is COc1c(C)cnc(Cn2cnc3c(Nc4cccc(O)c4)nc(N)nc32)c1C. The van der Waals surface area contributed by atoms with Gasteiger partial charge in [-0.2, -0.15) is 9.97 Å². The van der Waals surface area contributed by atoms with Crippen molar-refractivity contribution in [3.63, 3.8) is 0 Å². The quantitative estimate of drug-likeness (QED) is 0.474. The van der Waals surface area contributed by atoms with Crippen molar-refractivity contribution >= 4 is 28.6 Å². The van der Waals surface area contributed by atoms with Crippen LogP contribution in [0.15, 0.2) is 36.8 Å². The summed E-state index contributed by atoms with van der Waals surface area (Å²) in [5, 5.41) is 12.8. The predicted molar refractivity (Wildman–Crippen MR) is 110 cm³/mol. The second-order valence-electron chi connectivity index (χ2n) is 6.70. The summed E-state index contributed by atoms with van der Waals surface area (Å²) >= 11 is 0. The number of hydrogen-bond acceptors (Lipinski definition) is 8. The van der Waals surface area contributed by atoms with Gasteiger partial charge in [0.25, 0.3) is 0 Å². The maximum Gasteiger partial charge on any atom is 0.224 e. The van der Waals surface area contributed by atoms with E-state index in [0.29, 0.717) is 29.2 Å². The number of ether oxygens (including phenoxy) is 1. The summed E-state index contributed by atoms with van der Waals surface area (Å²) in [7, 11) is 1.65. The number of nitrogens with two attached hydrogens (primary N) is 1. The molecule has 0 spiro atoms. The van der Waals surface area contributed by atoms with Crippen molar-refractivity contribution in [2.45, 2.75) is 20.4 Å². The first kappa shape index (κ1) is 18.5. The number of imidazole rings is 1. The Morgan fingerprint density at radius 2 is 2.03 bits per heavy atom. The van der Waals surface area contributed by atoms with Gasteiger partial charge in [0.15, 0.2) is 17.0 Å². The molecule has 9 heteroatoms. The van der Waals surface area contributed by atoms with E-state index < -0.39 is 0 Å². The molecule has 0 amide bonds. The minimum Gasteiger partial charge on any atom is -0.508 e. The smallest absolute Gasteiger partial charge is 0.224 e. The van der Waals surface area contributed by atoms with E-state index >= 15 is 0 Å². The highest BCUT2D eigenvalue weighted by Crippen LogP contribution is 2.27. The van der Waals surface area contributed by atoms with Crippen LogP contribution in [0.1, 0.15) is 16.8 Å². The van der Waals surface area contributed by atoms with Crippen molar-refractivity contribution in [1.29, 1.82) is 0 Å². The third-order valence-electron chi connectivity index (χ3n) is 4.66. The van der Waals surface area contributed by atoms with Crippen LogP contribution in [0.2, 0.25) is 0 Å². The maximum absolute atomic E-state index is 9.68. The Morgan fingerprint density at radius 1 is 1.21 bits per heavy atom. The molecule has 3 heterocycles. The first-order chi connectivity index (χ1) is 14.0. The Kier molecular flexibility index (Phi) is 4.63. The minimum absolute atomic E-state index is 0.119. The van der Waals surface area contributed by atoms with Crippen LogP contribution in [0.25, 0.3) is 11.2 Å². The molecule has 9 nitrogen and oxygen atoms in total. The highest BCUT2D eigenvalue weighted by atomic mass is 16.5. The Labute approximate surface area is 167 Å². The normalized spacial score (nSPS) is 11.0. The van der Waals surface area contributed by atoms with E-state index in [2.05, 4.69) is 25.3 Å². The first-order valence-corrected chi connectivity index (χ1v) is 8.99. The van der Waals surface area contributed by atoms with Crippen LogP contribution in [0.5, 0.6) is 11.5 Å². The van der Waals surface area contributed by atoms with Crippen LogP contribution < -0.4 is 15.8 Å². The number of aromatic hydroxyl groups is 1. The summed E-state index contributed by atoms with van der Waals surface area (Å²) in [4.78, 5) is 17.6. The molecule has 0 aliphatic heterocycles. The molecule has 0 fully saturated rings. The summed E-state index contributed by atoms with van der Waals surface area (Å²) in [6.07, 6.45) is 3.47. The predicted octanol–water partition coefficient (Wildman–Crippen LogP) is 2.93. The third kappa shape index (κ3) is 3.49. The number of nitrogens with zero attached hydrogens (tertiary/aromatic N) is 5.